The van der Waals surface area contributed by atoms with Crippen LogP contribution in [0.15, 0.2) is 39.5 Å². The number of hydrogen-bond acceptors (Lipinski definition) is 6. The zero-order valence-corrected chi connectivity index (χ0v) is 20.0. The summed E-state index contributed by atoms with van der Waals surface area (Å²) in [6.07, 6.45) is 2.56. The summed E-state index contributed by atoms with van der Waals surface area (Å²) in [5, 5.41) is 12.3. The van der Waals surface area contributed by atoms with Gasteiger partial charge in [-0.1, -0.05) is 20.8 Å². The van der Waals surface area contributed by atoms with Gasteiger partial charge in [-0.2, -0.15) is 0 Å². The smallest absolute Gasteiger partial charge is 0.343 e. The molecule has 1 aromatic carbocycles. The third kappa shape index (κ3) is 2.89. The molecule has 4 atom stereocenters. The van der Waals surface area contributed by atoms with Crippen molar-refractivity contribution in [2.24, 2.45) is 16.7 Å². The van der Waals surface area contributed by atoms with Crippen LogP contribution in [0.4, 0.5) is 0 Å². The third-order valence-corrected chi connectivity index (χ3v) is 9.11. The van der Waals surface area contributed by atoms with Gasteiger partial charge in [-0.15, -0.1) is 0 Å². The first kappa shape index (κ1) is 22.2. The molecule has 33 heavy (non-hydrogen) atoms. The van der Waals surface area contributed by atoms with Crippen LogP contribution < -0.4 is 15.1 Å². The van der Waals surface area contributed by atoms with Gasteiger partial charge < -0.3 is 19.0 Å². The minimum absolute atomic E-state index is 0.0140. The molecule has 1 aliphatic heterocycles. The average Bonchev–Trinajstić information content (AvgIpc) is 2.77. The number of carbonyl (C=O) groups excluding carboxylic acids is 1. The summed E-state index contributed by atoms with van der Waals surface area (Å²) in [5.74, 6) is 1.86. The van der Waals surface area contributed by atoms with Crippen molar-refractivity contribution in [2.75, 3.05) is 7.11 Å². The molecule has 0 spiro atoms. The largest absolute Gasteiger partial charge is 0.497 e. The van der Waals surface area contributed by atoms with Crippen LogP contribution in [0.5, 0.6) is 11.5 Å². The maximum absolute atomic E-state index is 13.1. The van der Waals surface area contributed by atoms with E-state index in [-0.39, 0.29) is 18.1 Å². The maximum atomic E-state index is 13.1. The highest BCUT2D eigenvalue weighted by Crippen LogP contribution is 2.65. The van der Waals surface area contributed by atoms with Crippen LogP contribution in [-0.2, 0) is 11.2 Å². The van der Waals surface area contributed by atoms with E-state index in [2.05, 4.69) is 6.92 Å². The van der Waals surface area contributed by atoms with E-state index in [1.807, 2.05) is 45.0 Å². The SMILES string of the molecule is COc1ccc(-c2cc3c(c(=O)o2)C[C@@]2(O)[C@@](C)(CC[C@H]4C(C)(C)C(=O)CC[C@@]42C)O3)cc1. The second-order valence-electron chi connectivity index (χ2n) is 11.0. The van der Waals surface area contributed by atoms with Gasteiger partial charge in [0.1, 0.15) is 34.2 Å². The molecule has 6 heteroatoms. The Balaban J connectivity index is 1.59. The zero-order chi connectivity index (χ0) is 23.8. The zero-order valence-electron chi connectivity index (χ0n) is 20.0. The highest BCUT2D eigenvalue weighted by Gasteiger charge is 2.70. The molecule has 1 N–H and O–H groups in total. The molecule has 2 aromatic rings. The summed E-state index contributed by atoms with van der Waals surface area (Å²) >= 11 is 0. The third-order valence-electron chi connectivity index (χ3n) is 9.11. The van der Waals surface area contributed by atoms with Crippen LogP contribution in [-0.4, -0.2) is 29.2 Å². The molecule has 0 amide bonds. The minimum Gasteiger partial charge on any atom is -0.497 e. The number of ketones is 1. The maximum Gasteiger partial charge on any atom is 0.343 e. The van der Waals surface area contributed by atoms with Gasteiger partial charge in [0.05, 0.1) is 12.7 Å². The van der Waals surface area contributed by atoms with Crippen LogP contribution in [0.3, 0.4) is 0 Å². The molecule has 0 radical (unpaired) electrons. The number of fused-ring (bicyclic) bond motifs is 4. The lowest BCUT2D eigenvalue weighted by Gasteiger charge is -2.66. The van der Waals surface area contributed by atoms with E-state index >= 15 is 0 Å². The highest BCUT2D eigenvalue weighted by atomic mass is 16.5. The number of benzene rings is 1. The summed E-state index contributed by atoms with van der Waals surface area (Å²) in [6.45, 7) is 8.01. The normalized spacial score (nSPS) is 34.5. The Bertz CT molecular complexity index is 1180. The van der Waals surface area contributed by atoms with Crippen molar-refractivity contribution in [2.45, 2.75) is 71.0 Å². The molecule has 0 saturated heterocycles. The molecule has 0 unspecified atom stereocenters. The van der Waals surface area contributed by atoms with Crippen molar-refractivity contribution in [1.29, 1.82) is 0 Å². The predicted octanol–water partition coefficient (Wildman–Crippen LogP) is 4.55. The van der Waals surface area contributed by atoms with Gasteiger partial charge in [0.2, 0.25) is 0 Å². The molecule has 2 heterocycles. The van der Waals surface area contributed by atoms with E-state index < -0.39 is 27.7 Å². The highest BCUT2D eigenvalue weighted by molar-refractivity contribution is 5.85. The Kier molecular flexibility index (Phi) is 4.68. The van der Waals surface area contributed by atoms with Gasteiger partial charge in [0.25, 0.3) is 0 Å². The van der Waals surface area contributed by atoms with Crippen LogP contribution in [0.25, 0.3) is 11.3 Å². The number of aliphatic hydroxyl groups is 1. The number of Topliss-reactive ketones (excluding diaryl/α,β-unsaturated/α-hetero) is 1. The Labute approximate surface area is 193 Å². The summed E-state index contributed by atoms with van der Waals surface area (Å²) in [6, 6.07) is 9.04. The number of methoxy groups -OCH3 is 1. The first-order chi connectivity index (χ1) is 15.4. The second-order valence-corrected chi connectivity index (χ2v) is 11.0. The Morgan fingerprint density at radius 1 is 1.06 bits per heavy atom. The lowest BCUT2D eigenvalue weighted by molar-refractivity contribution is -0.264. The van der Waals surface area contributed by atoms with Crippen molar-refractivity contribution < 1.29 is 23.8 Å². The molecule has 2 saturated carbocycles. The fraction of sp³-hybridized carbons (Fsp3) is 0.556. The summed E-state index contributed by atoms with van der Waals surface area (Å²) in [4.78, 5) is 25.8. The van der Waals surface area contributed by atoms with Gasteiger partial charge in [-0.05, 0) is 56.4 Å². The summed E-state index contributed by atoms with van der Waals surface area (Å²) < 4.78 is 17.4. The van der Waals surface area contributed by atoms with E-state index in [4.69, 9.17) is 13.9 Å². The molecule has 0 bridgehead atoms. The van der Waals surface area contributed by atoms with Gasteiger partial charge in [0, 0.05) is 35.3 Å². The van der Waals surface area contributed by atoms with Crippen LogP contribution >= 0.6 is 0 Å². The van der Waals surface area contributed by atoms with Crippen molar-refractivity contribution in [3.63, 3.8) is 0 Å². The predicted molar refractivity (Wildman–Crippen MR) is 124 cm³/mol. The molecular weight excluding hydrogens is 420 g/mol. The summed E-state index contributed by atoms with van der Waals surface area (Å²) in [7, 11) is 1.60. The lowest BCUT2D eigenvalue weighted by atomic mass is 9.42. The fourth-order valence-corrected chi connectivity index (χ4v) is 6.93. The van der Waals surface area contributed by atoms with Crippen LogP contribution in [0, 0.1) is 16.7 Å². The number of carbonyl (C=O) groups is 1. The topological polar surface area (TPSA) is 86.0 Å². The standard InChI is InChI=1S/C27H32O6/c1-24(2)21-10-13-26(4)27(30,25(21,3)12-11-22(24)28)15-18-20(33-26)14-19(32-23(18)29)16-6-8-17(31-5)9-7-16/h6-9,14,21,30H,10-13,15H2,1-5H3/t21-,25-,26+,27-/m0/s1. The minimum atomic E-state index is -1.29. The van der Waals surface area contributed by atoms with Gasteiger partial charge in [-0.25, -0.2) is 4.79 Å². The van der Waals surface area contributed by atoms with Crippen molar-refractivity contribution in [3.8, 4) is 22.8 Å². The van der Waals surface area contributed by atoms with Gasteiger partial charge in [0.15, 0.2) is 0 Å². The molecule has 2 fully saturated rings. The molecule has 176 valence electrons. The van der Waals surface area contributed by atoms with E-state index in [0.717, 1.165) is 12.0 Å². The Morgan fingerprint density at radius 3 is 2.42 bits per heavy atom. The van der Waals surface area contributed by atoms with E-state index in [0.29, 0.717) is 42.1 Å². The van der Waals surface area contributed by atoms with E-state index in [9.17, 15) is 14.7 Å². The number of ether oxygens (including phenoxy) is 2. The first-order valence-corrected chi connectivity index (χ1v) is 11.7. The monoisotopic (exact) mass is 452 g/mol. The van der Waals surface area contributed by atoms with E-state index in [1.54, 1.807) is 13.2 Å². The van der Waals surface area contributed by atoms with Crippen LogP contribution in [0.1, 0.15) is 58.9 Å². The van der Waals surface area contributed by atoms with Gasteiger partial charge in [-0.3, -0.25) is 4.79 Å². The first-order valence-electron chi connectivity index (χ1n) is 11.7. The van der Waals surface area contributed by atoms with Crippen molar-refractivity contribution in [1.82, 2.24) is 0 Å². The molecule has 5 rings (SSSR count). The fourth-order valence-electron chi connectivity index (χ4n) is 6.93. The molecule has 6 nitrogen and oxygen atoms in total. The number of hydrogen-bond donors (Lipinski definition) is 1. The Hall–Kier alpha value is -2.60. The van der Waals surface area contributed by atoms with Crippen molar-refractivity contribution in [3.05, 3.63) is 46.3 Å². The number of rotatable bonds is 2. The van der Waals surface area contributed by atoms with Crippen molar-refractivity contribution >= 4 is 5.78 Å². The molecular formula is C27H32O6. The lowest BCUT2D eigenvalue weighted by Crippen LogP contribution is -2.74. The molecule has 2 aliphatic carbocycles. The Morgan fingerprint density at radius 2 is 1.76 bits per heavy atom. The second kappa shape index (κ2) is 6.95. The molecule has 3 aliphatic rings. The van der Waals surface area contributed by atoms with Crippen LogP contribution in [0.2, 0.25) is 0 Å². The summed E-state index contributed by atoms with van der Waals surface area (Å²) in [5.41, 5.74) is -2.62. The quantitative estimate of drug-likeness (QED) is 0.720. The average molecular weight is 453 g/mol. The van der Waals surface area contributed by atoms with E-state index in [1.165, 1.54) is 0 Å². The molecule has 1 aromatic heterocycles. The van der Waals surface area contributed by atoms with Gasteiger partial charge >= 0.3 is 5.63 Å².